The molecule has 0 bridgehead atoms. The van der Waals surface area contributed by atoms with Crippen LogP contribution < -0.4 is 0 Å². The van der Waals surface area contributed by atoms with Gasteiger partial charge in [0.25, 0.3) is 0 Å². The highest BCUT2D eigenvalue weighted by Crippen LogP contribution is 2.42. The van der Waals surface area contributed by atoms with E-state index in [0.29, 0.717) is 0 Å². The minimum absolute atomic E-state index is 0.249. The maximum Gasteiger partial charge on any atom is 0.133 e. The summed E-state index contributed by atoms with van der Waals surface area (Å²) in [5, 5.41) is 12.7. The second-order valence-corrected chi connectivity index (χ2v) is 6.04. The van der Waals surface area contributed by atoms with E-state index in [9.17, 15) is 5.11 Å². The zero-order valence-corrected chi connectivity index (χ0v) is 13.3. The molecular weight excluding hydrogens is 308 g/mol. The van der Waals surface area contributed by atoms with Gasteiger partial charge in [0.1, 0.15) is 11.3 Å². The van der Waals surface area contributed by atoms with Crippen molar-refractivity contribution in [3.63, 3.8) is 0 Å². The number of aromatic hydroxyl groups is 1. The van der Waals surface area contributed by atoms with Crippen LogP contribution in [-0.4, -0.2) is 15.1 Å². The number of phenolic OH excluding ortho intramolecular Hbond substituents is 1. The molecule has 0 fully saturated rings. The zero-order chi connectivity index (χ0) is 16.8. The van der Waals surface area contributed by atoms with Crippen molar-refractivity contribution in [3.05, 3.63) is 78.9 Å². The van der Waals surface area contributed by atoms with E-state index in [1.165, 1.54) is 0 Å². The number of rotatable bonds is 1. The third-order valence-corrected chi connectivity index (χ3v) is 4.54. The lowest BCUT2D eigenvalue weighted by atomic mass is 9.97. The van der Waals surface area contributed by atoms with Gasteiger partial charge in [-0.1, -0.05) is 66.7 Å². The summed E-state index contributed by atoms with van der Waals surface area (Å²) in [6.45, 7) is 0. The molecule has 0 amide bonds. The quantitative estimate of drug-likeness (QED) is 0.336. The van der Waals surface area contributed by atoms with Gasteiger partial charge in [0.15, 0.2) is 0 Å². The van der Waals surface area contributed by atoms with Crippen molar-refractivity contribution >= 4 is 32.8 Å². The molecule has 0 aliphatic rings. The van der Waals surface area contributed by atoms with Crippen LogP contribution in [0.5, 0.6) is 5.75 Å². The first-order valence-electron chi connectivity index (χ1n) is 8.18. The van der Waals surface area contributed by atoms with Crippen LogP contribution in [0.3, 0.4) is 0 Å². The van der Waals surface area contributed by atoms with Gasteiger partial charge in [0.2, 0.25) is 0 Å². The van der Waals surface area contributed by atoms with Crippen LogP contribution in [0.4, 0.5) is 0 Å². The van der Waals surface area contributed by atoms with Crippen molar-refractivity contribution < 1.29 is 5.11 Å². The molecule has 4 aromatic carbocycles. The van der Waals surface area contributed by atoms with E-state index in [1.54, 1.807) is 0 Å². The molecule has 0 aliphatic heterocycles. The summed E-state index contributed by atoms with van der Waals surface area (Å²) in [4.78, 5) is 9.70. The van der Waals surface area contributed by atoms with Crippen molar-refractivity contribution in [1.29, 1.82) is 0 Å². The lowest BCUT2D eigenvalue weighted by Crippen LogP contribution is -1.93. The molecule has 0 aliphatic carbocycles. The largest absolute Gasteiger partial charge is 0.507 e. The van der Waals surface area contributed by atoms with Gasteiger partial charge in [-0.25, -0.2) is 9.97 Å². The van der Waals surface area contributed by atoms with E-state index in [-0.39, 0.29) is 5.75 Å². The number of nitrogens with zero attached hydrogens (tertiary/aromatic N) is 2. The number of fused-ring (bicyclic) bond motifs is 4. The first-order valence-corrected chi connectivity index (χ1v) is 8.18. The van der Waals surface area contributed by atoms with Gasteiger partial charge in [0, 0.05) is 10.8 Å². The fourth-order valence-electron chi connectivity index (χ4n) is 3.38. The minimum atomic E-state index is 0.249. The van der Waals surface area contributed by atoms with Crippen molar-refractivity contribution in [3.8, 4) is 16.9 Å². The van der Waals surface area contributed by atoms with Crippen molar-refractivity contribution in [2.75, 3.05) is 0 Å². The SMILES string of the molecule is Oc1c(-c2ccccc2)c2nc3ccccc3nc2c2ccccc12. The van der Waals surface area contributed by atoms with Crippen LogP contribution in [-0.2, 0) is 0 Å². The average molecular weight is 322 g/mol. The Morgan fingerprint density at radius 3 is 1.84 bits per heavy atom. The molecule has 0 atom stereocenters. The summed E-state index contributed by atoms with van der Waals surface area (Å²) in [6, 6.07) is 25.5. The summed E-state index contributed by atoms with van der Waals surface area (Å²) in [5.74, 6) is 0.249. The van der Waals surface area contributed by atoms with Gasteiger partial charge < -0.3 is 5.11 Å². The van der Waals surface area contributed by atoms with Crippen molar-refractivity contribution in [1.82, 2.24) is 9.97 Å². The number of benzene rings is 4. The molecule has 0 radical (unpaired) electrons. The molecule has 118 valence electrons. The second-order valence-electron chi connectivity index (χ2n) is 6.04. The topological polar surface area (TPSA) is 46.0 Å². The normalized spacial score (nSPS) is 11.4. The van der Waals surface area contributed by atoms with E-state index in [2.05, 4.69) is 0 Å². The summed E-state index contributed by atoms with van der Waals surface area (Å²) in [5.41, 5.74) is 4.87. The highest BCUT2D eigenvalue weighted by atomic mass is 16.3. The van der Waals surface area contributed by atoms with Gasteiger partial charge >= 0.3 is 0 Å². The van der Waals surface area contributed by atoms with Crippen LogP contribution in [0.15, 0.2) is 78.9 Å². The average Bonchev–Trinajstić information content (AvgIpc) is 2.68. The van der Waals surface area contributed by atoms with Gasteiger partial charge in [-0.15, -0.1) is 0 Å². The fraction of sp³-hybridized carbons (Fsp3) is 0. The standard InChI is InChI=1S/C22H14N2O/c25-22-16-11-5-4-10-15(16)20-21(19(22)14-8-2-1-3-9-14)24-18-13-7-6-12-17(18)23-20/h1-13,25H. The molecule has 3 heteroatoms. The lowest BCUT2D eigenvalue weighted by molar-refractivity contribution is 0.484. The van der Waals surface area contributed by atoms with E-state index in [0.717, 1.165) is 44.0 Å². The maximum atomic E-state index is 11.0. The Labute approximate surface area is 144 Å². The Balaban J connectivity index is 2.06. The number of phenols is 1. The first kappa shape index (κ1) is 13.9. The van der Waals surface area contributed by atoms with Crippen molar-refractivity contribution in [2.24, 2.45) is 0 Å². The molecule has 0 spiro atoms. The minimum Gasteiger partial charge on any atom is -0.507 e. The summed E-state index contributed by atoms with van der Waals surface area (Å²) >= 11 is 0. The third-order valence-electron chi connectivity index (χ3n) is 4.54. The van der Waals surface area contributed by atoms with E-state index < -0.39 is 0 Å². The molecular formula is C22H14N2O. The molecule has 1 aromatic heterocycles. The number of hydrogen-bond acceptors (Lipinski definition) is 3. The zero-order valence-electron chi connectivity index (χ0n) is 13.3. The van der Waals surface area contributed by atoms with Gasteiger partial charge in [-0.3, -0.25) is 0 Å². The Morgan fingerprint density at radius 2 is 1.12 bits per heavy atom. The highest BCUT2D eigenvalue weighted by molar-refractivity contribution is 6.15. The summed E-state index contributed by atoms with van der Waals surface area (Å²) < 4.78 is 0. The maximum absolute atomic E-state index is 11.0. The van der Waals surface area contributed by atoms with Gasteiger partial charge in [-0.2, -0.15) is 0 Å². The summed E-state index contributed by atoms with van der Waals surface area (Å²) in [6.07, 6.45) is 0. The Morgan fingerprint density at radius 1 is 0.560 bits per heavy atom. The molecule has 5 aromatic rings. The van der Waals surface area contributed by atoms with Crippen molar-refractivity contribution in [2.45, 2.75) is 0 Å². The van der Waals surface area contributed by atoms with Crippen LogP contribution in [0.1, 0.15) is 0 Å². The second kappa shape index (κ2) is 5.28. The molecule has 0 saturated carbocycles. The third kappa shape index (κ3) is 2.06. The van der Waals surface area contributed by atoms with Gasteiger partial charge in [0.05, 0.1) is 22.1 Å². The van der Waals surface area contributed by atoms with E-state index >= 15 is 0 Å². The number of hydrogen-bond donors (Lipinski definition) is 1. The van der Waals surface area contributed by atoms with Crippen LogP contribution in [0.2, 0.25) is 0 Å². The van der Waals surface area contributed by atoms with Crippen LogP contribution in [0.25, 0.3) is 44.0 Å². The predicted molar refractivity (Wildman–Crippen MR) is 102 cm³/mol. The molecule has 1 heterocycles. The molecule has 25 heavy (non-hydrogen) atoms. The smallest absolute Gasteiger partial charge is 0.133 e. The molecule has 3 nitrogen and oxygen atoms in total. The summed E-state index contributed by atoms with van der Waals surface area (Å²) in [7, 11) is 0. The molecule has 1 N–H and O–H groups in total. The van der Waals surface area contributed by atoms with E-state index in [1.807, 2.05) is 78.9 Å². The Bertz CT molecular complexity index is 1250. The van der Waals surface area contributed by atoms with E-state index in [4.69, 9.17) is 9.97 Å². The fourth-order valence-corrected chi connectivity index (χ4v) is 3.38. The highest BCUT2D eigenvalue weighted by Gasteiger charge is 2.17. The Hall–Kier alpha value is -3.46. The molecule has 0 unspecified atom stereocenters. The monoisotopic (exact) mass is 322 g/mol. The lowest BCUT2D eigenvalue weighted by Gasteiger charge is -2.13. The number of para-hydroxylation sites is 2. The molecule has 0 saturated heterocycles. The van der Waals surface area contributed by atoms with Crippen LogP contribution >= 0.6 is 0 Å². The first-order chi connectivity index (χ1) is 12.3. The van der Waals surface area contributed by atoms with Crippen LogP contribution in [0, 0.1) is 0 Å². The Kier molecular flexibility index (Phi) is 2.94. The predicted octanol–water partition coefficient (Wildman–Crippen LogP) is 5.31. The molecule has 5 rings (SSSR count). The number of aromatic nitrogens is 2. The van der Waals surface area contributed by atoms with Gasteiger partial charge in [-0.05, 0) is 17.7 Å².